The van der Waals surface area contributed by atoms with Crippen molar-refractivity contribution in [1.29, 1.82) is 0 Å². The van der Waals surface area contributed by atoms with Crippen LogP contribution in [0.5, 0.6) is 17.2 Å². The standard InChI is InChI=1S/C18H22O7S/c19-11-1-13-23-15-3-5-17(6-4-15)25-26(21,22)18-9-7-16(8-10-18)24-14-2-12-20/h3-10,19-20H,1-2,11-14H2. The van der Waals surface area contributed by atoms with E-state index in [1.807, 2.05) is 0 Å². The summed E-state index contributed by atoms with van der Waals surface area (Å²) in [7, 11) is -3.96. The summed E-state index contributed by atoms with van der Waals surface area (Å²) in [5.74, 6) is 1.25. The minimum atomic E-state index is -3.96. The van der Waals surface area contributed by atoms with Crippen LogP contribution in [-0.2, 0) is 10.1 Å². The lowest BCUT2D eigenvalue weighted by Gasteiger charge is -2.10. The Morgan fingerprint density at radius 2 is 1.12 bits per heavy atom. The lowest BCUT2D eigenvalue weighted by Crippen LogP contribution is -2.10. The fourth-order valence-corrected chi connectivity index (χ4v) is 2.91. The lowest BCUT2D eigenvalue weighted by atomic mass is 10.3. The molecule has 142 valence electrons. The second kappa shape index (κ2) is 10.0. The van der Waals surface area contributed by atoms with Crippen LogP contribution < -0.4 is 13.7 Å². The summed E-state index contributed by atoms with van der Waals surface area (Å²) in [5, 5.41) is 17.4. The highest BCUT2D eigenvalue weighted by Crippen LogP contribution is 2.23. The molecule has 0 heterocycles. The van der Waals surface area contributed by atoms with Crippen LogP contribution in [0.4, 0.5) is 0 Å². The summed E-state index contributed by atoms with van der Waals surface area (Å²) in [4.78, 5) is 0.00952. The molecule has 0 aromatic heterocycles. The SMILES string of the molecule is O=S(=O)(Oc1ccc(OCCCO)cc1)c1ccc(OCCCO)cc1. The highest BCUT2D eigenvalue weighted by molar-refractivity contribution is 7.87. The third kappa shape index (κ3) is 6.21. The van der Waals surface area contributed by atoms with E-state index in [1.165, 1.54) is 36.4 Å². The van der Waals surface area contributed by atoms with E-state index in [0.29, 0.717) is 37.6 Å². The van der Waals surface area contributed by atoms with E-state index >= 15 is 0 Å². The Morgan fingerprint density at radius 1 is 0.692 bits per heavy atom. The summed E-state index contributed by atoms with van der Waals surface area (Å²) in [5.41, 5.74) is 0. The van der Waals surface area contributed by atoms with Gasteiger partial charge in [0.2, 0.25) is 0 Å². The predicted octanol–water partition coefficient (Wildman–Crippen LogP) is 1.98. The van der Waals surface area contributed by atoms with Crippen LogP contribution in [0.1, 0.15) is 12.8 Å². The van der Waals surface area contributed by atoms with E-state index in [4.69, 9.17) is 23.9 Å². The molecule has 8 heteroatoms. The Morgan fingerprint density at radius 3 is 1.58 bits per heavy atom. The molecule has 0 spiro atoms. The lowest BCUT2D eigenvalue weighted by molar-refractivity contribution is 0.233. The second-order valence-electron chi connectivity index (χ2n) is 5.33. The molecule has 0 saturated heterocycles. The summed E-state index contributed by atoms with van der Waals surface area (Å²) in [6.07, 6.45) is 1.02. The van der Waals surface area contributed by atoms with Crippen LogP contribution >= 0.6 is 0 Å². The van der Waals surface area contributed by atoms with Crippen molar-refractivity contribution in [2.24, 2.45) is 0 Å². The third-order valence-electron chi connectivity index (χ3n) is 3.28. The minimum Gasteiger partial charge on any atom is -0.494 e. The molecule has 0 saturated carbocycles. The first-order valence-corrected chi connectivity index (χ1v) is 9.58. The summed E-state index contributed by atoms with van der Waals surface area (Å²) in [6, 6.07) is 12.1. The third-order valence-corrected chi connectivity index (χ3v) is 4.55. The van der Waals surface area contributed by atoms with E-state index in [-0.39, 0.29) is 23.9 Å². The van der Waals surface area contributed by atoms with Gasteiger partial charge in [0.25, 0.3) is 0 Å². The maximum absolute atomic E-state index is 12.3. The summed E-state index contributed by atoms with van der Waals surface area (Å²) >= 11 is 0. The molecule has 2 aromatic carbocycles. The first-order valence-electron chi connectivity index (χ1n) is 8.17. The van der Waals surface area contributed by atoms with E-state index in [1.54, 1.807) is 12.1 Å². The molecular weight excluding hydrogens is 360 g/mol. The predicted molar refractivity (Wildman–Crippen MR) is 95.1 cm³/mol. The van der Waals surface area contributed by atoms with Crippen molar-refractivity contribution in [3.8, 4) is 17.2 Å². The van der Waals surface area contributed by atoms with Gasteiger partial charge < -0.3 is 23.9 Å². The van der Waals surface area contributed by atoms with E-state index in [9.17, 15) is 8.42 Å². The van der Waals surface area contributed by atoms with Crippen LogP contribution in [0, 0.1) is 0 Å². The Balaban J connectivity index is 1.97. The van der Waals surface area contributed by atoms with Gasteiger partial charge in [0, 0.05) is 26.1 Å². The Kier molecular flexibility index (Phi) is 7.71. The Hall–Kier alpha value is -2.29. The van der Waals surface area contributed by atoms with Gasteiger partial charge in [0.15, 0.2) is 0 Å². The summed E-state index contributed by atoms with van der Waals surface area (Å²) < 4.78 is 40.5. The van der Waals surface area contributed by atoms with Crippen molar-refractivity contribution in [1.82, 2.24) is 0 Å². The normalized spacial score (nSPS) is 11.2. The van der Waals surface area contributed by atoms with Crippen LogP contribution in [0.2, 0.25) is 0 Å². The maximum atomic E-state index is 12.3. The fourth-order valence-electron chi connectivity index (χ4n) is 1.98. The highest BCUT2D eigenvalue weighted by Gasteiger charge is 2.16. The van der Waals surface area contributed by atoms with Gasteiger partial charge in [-0.15, -0.1) is 0 Å². The zero-order valence-electron chi connectivity index (χ0n) is 14.2. The van der Waals surface area contributed by atoms with E-state index < -0.39 is 10.1 Å². The Labute approximate surface area is 152 Å². The largest absolute Gasteiger partial charge is 0.494 e. The molecule has 2 N–H and O–H groups in total. The average Bonchev–Trinajstić information content (AvgIpc) is 2.64. The number of hydrogen-bond donors (Lipinski definition) is 2. The topological polar surface area (TPSA) is 102 Å². The first kappa shape index (κ1) is 20.0. The number of rotatable bonds is 11. The molecule has 0 fully saturated rings. The Bertz CT molecular complexity index is 755. The van der Waals surface area contributed by atoms with Crippen LogP contribution in [0.25, 0.3) is 0 Å². The molecule has 26 heavy (non-hydrogen) atoms. The van der Waals surface area contributed by atoms with Gasteiger partial charge in [-0.05, 0) is 48.5 Å². The van der Waals surface area contributed by atoms with Gasteiger partial charge in [0.1, 0.15) is 22.1 Å². The molecule has 0 radical (unpaired) electrons. The smallest absolute Gasteiger partial charge is 0.339 e. The number of hydrogen-bond acceptors (Lipinski definition) is 7. The van der Waals surface area contributed by atoms with Crippen LogP contribution in [-0.4, -0.2) is 45.1 Å². The van der Waals surface area contributed by atoms with Crippen molar-refractivity contribution in [3.05, 3.63) is 48.5 Å². The molecule has 0 aliphatic rings. The second-order valence-corrected chi connectivity index (χ2v) is 6.88. The number of aliphatic hydroxyl groups excluding tert-OH is 2. The monoisotopic (exact) mass is 382 g/mol. The van der Waals surface area contributed by atoms with Gasteiger partial charge >= 0.3 is 10.1 Å². The molecule has 0 aliphatic heterocycles. The minimum absolute atomic E-state index is 0.00952. The molecule has 0 atom stereocenters. The van der Waals surface area contributed by atoms with Crippen LogP contribution in [0.15, 0.2) is 53.4 Å². The molecule has 0 aliphatic carbocycles. The van der Waals surface area contributed by atoms with Crippen LogP contribution in [0.3, 0.4) is 0 Å². The van der Waals surface area contributed by atoms with Gasteiger partial charge in [-0.2, -0.15) is 8.42 Å². The molecule has 7 nitrogen and oxygen atoms in total. The van der Waals surface area contributed by atoms with Crippen molar-refractivity contribution >= 4 is 10.1 Å². The van der Waals surface area contributed by atoms with Gasteiger partial charge in [-0.3, -0.25) is 0 Å². The van der Waals surface area contributed by atoms with Gasteiger partial charge in [-0.1, -0.05) is 0 Å². The van der Waals surface area contributed by atoms with E-state index in [2.05, 4.69) is 0 Å². The van der Waals surface area contributed by atoms with Crippen molar-refractivity contribution in [3.63, 3.8) is 0 Å². The van der Waals surface area contributed by atoms with Crippen molar-refractivity contribution in [2.45, 2.75) is 17.7 Å². The van der Waals surface area contributed by atoms with Gasteiger partial charge in [-0.25, -0.2) is 0 Å². The number of aliphatic hydroxyl groups is 2. The zero-order chi connectivity index (χ0) is 18.8. The van der Waals surface area contributed by atoms with Crippen molar-refractivity contribution in [2.75, 3.05) is 26.4 Å². The molecule has 2 aromatic rings. The molecule has 0 unspecified atom stereocenters. The number of benzene rings is 2. The fraction of sp³-hybridized carbons (Fsp3) is 0.333. The van der Waals surface area contributed by atoms with Crippen molar-refractivity contribution < 1.29 is 32.3 Å². The number of ether oxygens (including phenoxy) is 2. The molecular formula is C18H22O7S. The highest BCUT2D eigenvalue weighted by atomic mass is 32.2. The molecule has 0 amide bonds. The van der Waals surface area contributed by atoms with E-state index in [0.717, 1.165) is 0 Å². The van der Waals surface area contributed by atoms with Gasteiger partial charge in [0.05, 0.1) is 13.2 Å². The molecule has 2 rings (SSSR count). The molecule has 0 bridgehead atoms. The first-order chi connectivity index (χ1) is 12.5. The zero-order valence-corrected chi connectivity index (χ0v) is 15.0. The average molecular weight is 382 g/mol. The summed E-state index contributed by atoms with van der Waals surface area (Å²) in [6.45, 7) is 0.809. The maximum Gasteiger partial charge on any atom is 0.339 e. The quantitative estimate of drug-likeness (QED) is 0.452.